The maximum absolute atomic E-state index is 4.27. The van der Waals surface area contributed by atoms with E-state index >= 15 is 0 Å². The minimum absolute atomic E-state index is 0.743. The van der Waals surface area contributed by atoms with E-state index in [2.05, 4.69) is 26.5 Å². The SMILES string of the molecule is C=C1C=C2C(CC1)C1CCC3(CC)C[C@H](C)CC3C1C1CC21. The maximum atomic E-state index is 4.27. The first-order valence-electron chi connectivity index (χ1n) is 10.0. The molecule has 8 atom stereocenters. The summed E-state index contributed by atoms with van der Waals surface area (Å²) in [5.74, 6) is 7.20. The fraction of sp³-hybridized carbons (Fsp3) is 0.818. The summed E-state index contributed by atoms with van der Waals surface area (Å²) in [5, 5.41) is 0. The lowest BCUT2D eigenvalue weighted by atomic mass is 9.51. The predicted molar refractivity (Wildman–Crippen MR) is 92.4 cm³/mol. The van der Waals surface area contributed by atoms with Crippen LogP contribution in [0.2, 0.25) is 0 Å². The van der Waals surface area contributed by atoms with Gasteiger partial charge in [-0.1, -0.05) is 44.1 Å². The van der Waals surface area contributed by atoms with Gasteiger partial charge in [-0.3, -0.25) is 0 Å². The first-order valence-corrected chi connectivity index (χ1v) is 10.0. The van der Waals surface area contributed by atoms with E-state index in [1.807, 2.05) is 5.57 Å². The zero-order valence-corrected chi connectivity index (χ0v) is 14.5. The van der Waals surface area contributed by atoms with E-state index in [0.717, 1.165) is 46.8 Å². The third-order valence-corrected chi connectivity index (χ3v) is 8.69. The van der Waals surface area contributed by atoms with Gasteiger partial charge in [-0.2, -0.15) is 0 Å². The van der Waals surface area contributed by atoms with Crippen molar-refractivity contribution in [3.05, 3.63) is 23.8 Å². The summed E-state index contributed by atoms with van der Waals surface area (Å²) in [6, 6.07) is 0. The van der Waals surface area contributed by atoms with Crippen LogP contribution in [0.25, 0.3) is 0 Å². The van der Waals surface area contributed by atoms with Crippen molar-refractivity contribution >= 4 is 0 Å². The third kappa shape index (κ3) is 1.70. The van der Waals surface area contributed by atoms with Crippen LogP contribution in [0.4, 0.5) is 0 Å². The quantitative estimate of drug-likeness (QED) is 0.557. The summed E-state index contributed by atoms with van der Waals surface area (Å²) in [4.78, 5) is 0. The lowest BCUT2D eigenvalue weighted by molar-refractivity contribution is -0.0209. The molecule has 0 amide bonds. The van der Waals surface area contributed by atoms with Crippen molar-refractivity contribution in [3.8, 4) is 0 Å². The van der Waals surface area contributed by atoms with Crippen molar-refractivity contribution in [1.29, 1.82) is 0 Å². The highest BCUT2D eigenvalue weighted by Crippen LogP contribution is 2.71. The van der Waals surface area contributed by atoms with Crippen LogP contribution in [0.15, 0.2) is 23.8 Å². The van der Waals surface area contributed by atoms with Gasteiger partial charge in [0.1, 0.15) is 0 Å². The molecule has 0 heteroatoms. The second kappa shape index (κ2) is 4.52. The van der Waals surface area contributed by atoms with Crippen LogP contribution in [0.5, 0.6) is 0 Å². The second-order valence-corrected chi connectivity index (χ2v) is 9.60. The molecule has 0 bridgehead atoms. The lowest BCUT2D eigenvalue weighted by Gasteiger charge is -2.53. The molecule has 0 aromatic carbocycles. The summed E-state index contributed by atoms with van der Waals surface area (Å²) < 4.78 is 0. The molecule has 0 aromatic rings. The van der Waals surface area contributed by atoms with E-state index < -0.39 is 0 Å². The minimum atomic E-state index is 0.743. The Bertz CT molecular complexity index is 540. The standard InChI is InChI=1S/C22H32/c1-4-22-8-7-16-15-6-5-13(2)9-17(15)18-11-19(18)21(16)20(22)10-14(3)12-22/h9,14-16,18-21H,2,4-8,10-12H2,1,3H3/t14-,15?,16?,18?,19?,20?,21?,22?/m1/s1. The molecular formula is C22H32. The zero-order chi connectivity index (χ0) is 15.1. The van der Waals surface area contributed by atoms with Crippen LogP contribution in [0.3, 0.4) is 0 Å². The Morgan fingerprint density at radius 1 is 1.18 bits per heavy atom. The van der Waals surface area contributed by atoms with E-state index in [4.69, 9.17) is 0 Å². The third-order valence-electron chi connectivity index (χ3n) is 8.69. The van der Waals surface area contributed by atoms with Crippen molar-refractivity contribution in [3.63, 3.8) is 0 Å². The zero-order valence-electron chi connectivity index (χ0n) is 14.5. The molecule has 5 aliphatic carbocycles. The van der Waals surface area contributed by atoms with E-state index in [9.17, 15) is 0 Å². The van der Waals surface area contributed by atoms with Crippen molar-refractivity contribution in [2.45, 2.75) is 65.2 Å². The lowest BCUT2D eigenvalue weighted by Crippen LogP contribution is -2.46. The first kappa shape index (κ1) is 13.9. The fourth-order valence-corrected chi connectivity index (χ4v) is 7.87. The van der Waals surface area contributed by atoms with Gasteiger partial charge in [-0.15, -0.1) is 0 Å². The minimum Gasteiger partial charge on any atom is -0.0958 e. The van der Waals surface area contributed by atoms with Gasteiger partial charge in [-0.25, -0.2) is 0 Å². The van der Waals surface area contributed by atoms with Crippen LogP contribution < -0.4 is 0 Å². The summed E-state index contributed by atoms with van der Waals surface area (Å²) in [6.07, 6.45) is 14.4. The number of hydrogen-bond acceptors (Lipinski definition) is 0. The summed E-state index contributed by atoms with van der Waals surface area (Å²) in [7, 11) is 0. The Morgan fingerprint density at radius 3 is 2.86 bits per heavy atom. The van der Waals surface area contributed by atoms with Crippen LogP contribution in [-0.2, 0) is 0 Å². The van der Waals surface area contributed by atoms with Gasteiger partial charge in [0.2, 0.25) is 0 Å². The largest absolute Gasteiger partial charge is 0.0958 e. The van der Waals surface area contributed by atoms with Gasteiger partial charge < -0.3 is 0 Å². The Balaban J connectivity index is 1.52. The Hall–Kier alpha value is -0.520. The number of fused-ring (bicyclic) bond motifs is 8. The molecule has 5 aliphatic rings. The molecule has 0 aliphatic heterocycles. The molecule has 22 heavy (non-hydrogen) atoms. The molecule has 0 aromatic heterocycles. The number of allylic oxidation sites excluding steroid dienone is 3. The van der Waals surface area contributed by atoms with Crippen LogP contribution in [0, 0.1) is 46.8 Å². The summed E-state index contributed by atoms with van der Waals surface area (Å²) in [5.41, 5.74) is 4.02. The summed E-state index contributed by atoms with van der Waals surface area (Å²) >= 11 is 0. The summed E-state index contributed by atoms with van der Waals surface area (Å²) in [6.45, 7) is 9.30. The van der Waals surface area contributed by atoms with Gasteiger partial charge in [0.15, 0.2) is 0 Å². The van der Waals surface area contributed by atoms with E-state index in [0.29, 0.717) is 0 Å². The second-order valence-electron chi connectivity index (χ2n) is 9.60. The van der Waals surface area contributed by atoms with E-state index in [-0.39, 0.29) is 0 Å². The highest BCUT2D eigenvalue weighted by molar-refractivity contribution is 5.35. The van der Waals surface area contributed by atoms with Crippen LogP contribution in [-0.4, -0.2) is 0 Å². The molecule has 4 saturated carbocycles. The molecule has 4 fully saturated rings. The molecule has 0 spiro atoms. The van der Waals surface area contributed by atoms with Crippen LogP contribution >= 0.6 is 0 Å². The highest BCUT2D eigenvalue weighted by atomic mass is 14.7. The monoisotopic (exact) mass is 296 g/mol. The van der Waals surface area contributed by atoms with Gasteiger partial charge in [-0.05, 0) is 91.8 Å². The molecule has 7 unspecified atom stereocenters. The predicted octanol–water partition coefficient (Wildman–Crippen LogP) is 6.00. The van der Waals surface area contributed by atoms with Crippen molar-refractivity contribution in [2.24, 2.45) is 46.8 Å². The maximum Gasteiger partial charge on any atom is -0.0163 e. The average molecular weight is 296 g/mol. The van der Waals surface area contributed by atoms with Crippen LogP contribution in [0.1, 0.15) is 65.2 Å². The van der Waals surface area contributed by atoms with Gasteiger partial charge >= 0.3 is 0 Å². The Kier molecular flexibility index (Phi) is 2.85. The number of hydrogen-bond donors (Lipinski definition) is 0. The van der Waals surface area contributed by atoms with Crippen molar-refractivity contribution < 1.29 is 0 Å². The normalized spacial score (nSPS) is 55.6. The average Bonchev–Trinajstić information content (AvgIpc) is 3.23. The van der Waals surface area contributed by atoms with Crippen molar-refractivity contribution in [1.82, 2.24) is 0 Å². The Labute approximate surface area is 136 Å². The topological polar surface area (TPSA) is 0 Å². The van der Waals surface area contributed by atoms with E-state index in [1.165, 1.54) is 31.3 Å². The molecule has 0 nitrogen and oxygen atoms in total. The molecule has 0 heterocycles. The molecule has 5 rings (SSSR count). The van der Waals surface area contributed by atoms with Crippen molar-refractivity contribution in [2.75, 3.05) is 0 Å². The van der Waals surface area contributed by atoms with E-state index in [1.54, 1.807) is 25.7 Å². The molecule has 0 radical (unpaired) electrons. The van der Waals surface area contributed by atoms with Gasteiger partial charge in [0.25, 0.3) is 0 Å². The van der Waals surface area contributed by atoms with Gasteiger partial charge in [0, 0.05) is 0 Å². The molecular weight excluding hydrogens is 264 g/mol. The molecule has 0 saturated heterocycles. The number of rotatable bonds is 1. The molecule has 120 valence electrons. The fourth-order valence-electron chi connectivity index (χ4n) is 7.87. The Morgan fingerprint density at radius 2 is 2.05 bits per heavy atom. The first-order chi connectivity index (χ1) is 10.6. The highest BCUT2D eigenvalue weighted by Gasteiger charge is 2.63. The molecule has 0 N–H and O–H groups in total. The smallest absolute Gasteiger partial charge is 0.0163 e. The van der Waals surface area contributed by atoms with Gasteiger partial charge in [0.05, 0.1) is 0 Å².